The van der Waals surface area contributed by atoms with Crippen molar-refractivity contribution in [2.75, 3.05) is 0 Å². The van der Waals surface area contributed by atoms with Crippen molar-refractivity contribution in [2.24, 2.45) is 0 Å². The molecule has 2 aliphatic rings. The first-order valence-electron chi connectivity index (χ1n) is 17.5. The molecule has 250 valence electrons. The van der Waals surface area contributed by atoms with Crippen molar-refractivity contribution < 1.29 is 24.8 Å². The van der Waals surface area contributed by atoms with Crippen LogP contribution in [0, 0.1) is 0 Å². The van der Waals surface area contributed by atoms with Gasteiger partial charge in [-0.1, -0.05) is 58.3 Å². The van der Waals surface area contributed by atoms with Crippen LogP contribution in [0.1, 0.15) is 171 Å². The van der Waals surface area contributed by atoms with E-state index < -0.39 is 12.6 Å². The molecular weight excluding hydrogens is 528 g/mol. The molecule has 0 aromatic carbocycles. The summed E-state index contributed by atoms with van der Waals surface area (Å²) in [6, 6.07) is 0. The zero-order valence-electron chi connectivity index (χ0n) is 28.8. The van der Waals surface area contributed by atoms with Gasteiger partial charge in [-0.2, -0.15) is 0 Å². The predicted octanol–water partition coefficient (Wildman–Crippen LogP) is 7.10. The fourth-order valence-corrected chi connectivity index (χ4v) is 7.97. The Bertz CT molecular complexity index is 729. The van der Waals surface area contributed by atoms with Crippen LogP contribution in [-0.4, -0.2) is 68.4 Å². The highest BCUT2D eigenvalue weighted by Gasteiger charge is 2.42. The molecule has 5 unspecified atom stereocenters. The Kier molecular flexibility index (Phi) is 15.7. The largest absolute Gasteiger partial charge is 0.393 e. The number of rotatable bonds is 20. The van der Waals surface area contributed by atoms with E-state index in [1.54, 1.807) is 0 Å². The van der Waals surface area contributed by atoms with Crippen LogP contribution < -0.4 is 10.6 Å². The Morgan fingerprint density at radius 1 is 0.571 bits per heavy atom. The minimum Gasteiger partial charge on any atom is -0.393 e. The lowest BCUT2D eigenvalue weighted by Gasteiger charge is -2.49. The third-order valence-corrected chi connectivity index (χ3v) is 9.14. The maximum absolute atomic E-state index is 10.7. The van der Waals surface area contributed by atoms with E-state index in [9.17, 15) is 15.3 Å². The van der Waals surface area contributed by atoms with Crippen LogP contribution in [0.25, 0.3) is 0 Å². The first-order valence-corrected chi connectivity index (χ1v) is 17.5. The fourth-order valence-electron chi connectivity index (χ4n) is 7.97. The summed E-state index contributed by atoms with van der Waals surface area (Å²) in [5.41, 5.74) is -0.257. The van der Waals surface area contributed by atoms with Crippen molar-refractivity contribution >= 4 is 0 Å². The Morgan fingerprint density at radius 3 is 1.48 bits per heavy atom. The maximum atomic E-state index is 10.7. The molecule has 2 rings (SSSR count). The van der Waals surface area contributed by atoms with Crippen molar-refractivity contribution in [1.82, 2.24) is 10.6 Å². The quantitative estimate of drug-likeness (QED) is 0.0752. The van der Waals surface area contributed by atoms with Crippen molar-refractivity contribution in [1.29, 1.82) is 0 Å². The van der Waals surface area contributed by atoms with Crippen molar-refractivity contribution in [2.45, 2.75) is 224 Å². The van der Waals surface area contributed by atoms with Crippen LogP contribution in [0.5, 0.6) is 0 Å². The smallest absolute Gasteiger partial charge is 0.154 e. The minimum absolute atomic E-state index is 0.01000. The molecule has 0 aliphatic carbocycles. The fraction of sp³-hybridized carbons (Fsp3) is 1.00. The molecule has 0 radical (unpaired) electrons. The molecule has 7 heteroatoms. The Morgan fingerprint density at radius 2 is 0.976 bits per heavy atom. The molecule has 7 nitrogen and oxygen atoms in total. The normalized spacial score (nSPS) is 27.9. The molecule has 2 aliphatic heterocycles. The lowest BCUT2D eigenvalue weighted by Crippen LogP contribution is -2.62. The van der Waals surface area contributed by atoms with E-state index in [1.165, 1.54) is 19.3 Å². The van der Waals surface area contributed by atoms with Gasteiger partial charge >= 0.3 is 0 Å². The zero-order chi connectivity index (χ0) is 31.4. The molecule has 5 atom stereocenters. The Balaban J connectivity index is 1.58. The van der Waals surface area contributed by atoms with Gasteiger partial charge in [0.2, 0.25) is 0 Å². The van der Waals surface area contributed by atoms with Crippen molar-refractivity contribution in [3.05, 3.63) is 0 Å². The molecule has 42 heavy (non-hydrogen) atoms. The highest BCUT2D eigenvalue weighted by molar-refractivity contribution is 5.01. The second kappa shape index (κ2) is 17.4. The second-order valence-corrected chi connectivity index (χ2v) is 16.1. The third-order valence-electron chi connectivity index (χ3n) is 9.14. The molecule has 0 aromatic rings. The lowest BCUT2D eigenvalue weighted by molar-refractivity contribution is -0.163. The van der Waals surface area contributed by atoms with Gasteiger partial charge in [-0.05, 0) is 113 Å². The summed E-state index contributed by atoms with van der Waals surface area (Å²) >= 11 is 0. The number of piperidine rings is 2. The SMILES string of the molecule is CCCCCCC(O)CC1(C)CC(OC(O)CCCCCCCCC(O)OC2CC(C)(C)NC(C)(C)C2)CC(C)(C)N1. The summed E-state index contributed by atoms with van der Waals surface area (Å²) in [4.78, 5) is 0. The molecule has 0 amide bonds. The van der Waals surface area contributed by atoms with E-state index in [-0.39, 0.29) is 40.5 Å². The van der Waals surface area contributed by atoms with Crippen LogP contribution in [0.2, 0.25) is 0 Å². The summed E-state index contributed by atoms with van der Waals surface area (Å²) in [5.74, 6) is 0. The molecule has 0 bridgehead atoms. The number of ether oxygens (including phenoxy) is 2. The van der Waals surface area contributed by atoms with Gasteiger partial charge in [0.15, 0.2) is 12.6 Å². The highest BCUT2D eigenvalue weighted by Crippen LogP contribution is 2.35. The standard InChI is InChI=1S/C35H70N2O5/c1-9-10-11-16-19-27(38)22-35(8)26-29(25-34(6,7)37-35)42-31(40)21-18-15-13-12-14-17-20-30(39)41-28-23-32(2,3)36-33(4,5)24-28/h27-31,36-40H,9-26H2,1-8H3. The van der Waals surface area contributed by atoms with Crippen LogP contribution in [0.3, 0.4) is 0 Å². The molecule has 5 N–H and O–H groups in total. The summed E-state index contributed by atoms with van der Waals surface area (Å²) in [6.45, 7) is 17.6. The molecular formula is C35H70N2O5. The van der Waals surface area contributed by atoms with E-state index in [2.05, 4.69) is 66.0 Å². The summed E-state index contributed by atoms with van der Waals surface area (Å²) in [5, 5.41) is 39.2. The van der Waals surface area contributed by atoms with Gasteiger partial charge in [-0.25, -0.2) is 0 Å². The van der Waals surface area contributed by atoms with Gasteiger partial charge in [0.25, 0.3) is 0 Å². The van der Waals surface area contributed by atoms with Crippen molar-refractivity contribution in [3.63, 3.8) is 0 Å². The molecule has 2 fully saturated rings. The topological polar surface area (TPSA) is 103 Å². The zero-order valence-corrected chi connectivity index (χ0v) is 28.8. The molecule has 0 saturated carbocycles. The van der Waals surface area contributed by atoms with Gasteiger partial charge in [-0.15, -0.1) is 0 Å². The average molecular weight is 599 g/mol. The van der Waals surface area contributed by atoms with Crippen LogP contribution >= 0.6 is 0 Å². The maximum Gasteiger partial charge on any atom is 0.154 e. The minimum atomic E-state index is -0.732. The van der Waals surface area contributed by atoms with Gasteiger partial charge in [0, 0.05) is 22.2 Å². The molecule has 0 spiro atoms. The van der Waals surface area contributed by atoms with Gasteiger partial charge in [0.05, 0.1) is 18.3 Å². The number of unbranched alkanes of at least 4 members (excludes halogenated alkanes) is 8. The Hall–Kier alpha value is -0.280. The van der Waals surface area contributed by atoms with E-state index >= 15 is 0 Å². The van der Waals surface area contributed by atoms with Gasteiger partial charge in [0.1, 0.15) is 0 Å². The van der Waals surface area contributed by atoms with Crippen molar-refractivity contribution in [3.8, 4) is 0 Å². The first kappa shape index (κ1) is 37.9. The van der Waals surface area contributed by atoms with Gasteiger partial charge in [-0.3, -0.25) is 0 Å². The number of nitrogens with one attached hydrogen (secondary N) is 2. The lowest BCUT2D eigenvalue weighted by atomic mass is 9.76. The van der Waals surface area contributed by atoms with Crippen LogP contribution in [0.4, 0.5) is 0 Å². The summed E-state index contributed by atoms with van der Waals surface area (Å²) in [7, 11) is 0. The highest BCUT2D eigenvalue weighted by atomic mass is 16.6. The summed E-state index contributed by atoms with van der Waals surface area (Å²) in [6.07, 6.45) is 15.9. The summed E-state index contributed by atoms with van der Waals surface area (Å²) < 4.78 is 12.2. The number of hydrogen-bond donors (Lipinski definition) is 5. The van der Waals surface area contributed by atoms with E-state index in [0.717, 1.165) is 83.5 Å². The van der Waals surface area contributed by atoms with Gasteiger partial charge < -0.3 is 35.4 Å². The first-order chi connectivity index (χ1) is 19.5. The average Bonchev–Trinajstić information content (AvgIpc) is 2.79. The second-order valence-electron chi connectivity index (χ2n) is 16.1. The monoisotopic (exact) mass is 599 g/mol. The van der Waals surface area contributed by atoms with E-state index in [0.29, 0.717) is 12.8 Å². The van der Waals surface area contributed by atoms with E-state index in [4.69, 9.17) is 9.47 Å². The molecule has 2 saturated heterocycles. The third kappa shape index (κ3) is 15.6. The molecule has 0 aromatic heterocycles. The van der Waals surface area contributed by atoms with Crippen LogP contribution in [0.15, 0.2) is 0 Å². The van der Waals surface area contributed by atoms with Crippen LogP contribution in [-0.2, 0) is 9.47 Å². The molecule has 2 heterocycles. The van der Waals surface area contributed by atoms with E-state index in [1.807, 2.05) is 0 Å². The number of aliphatic hydroxyl groups excluding tert-OH is 3. The predicted molar refractivity (Wildman–Crippen MR) is 173 cm³/mol. The Labute approximate surface area is 259 Å². The number of aliphatic hydroxyl groups is 3. The number of hydrogen-bond acceptors (Lipinski definition) is 7.